The van der Waals surface area contributed by atoms with Gasteiger partial charge in [-0.3, -0.25) is 19.9 Å². The summed E-state index contributed by atoms with van der Waals surface area (Å²) in [5.41, 5.74) is 2.77. The highest BCUT2D eigenvalue weighted by Gasteiger charge is 2.26. The van der Waals surface area contributed by atoms with E-state index in [1.807, 2.05) is 31.3 Å². The molecule has 4 rings (SSSR count). The number of rotatable bonds is 5. The number of nitrogens with one attached hydrogen (secondary N) is 1. The molecule has 0 atom stereocenters. The number of fused-ring (bicyclic) bond motifs is 2. The normalized spacial score (nSPS) is 13.4. The standard InChI is InChI=1S/C22H19ClN4O5/c1-26-9-8-18-15(11-26)21(14-4-2-3-5-17(14)24-18)22(29)32-12-20(28)25-19-7-6-13(27(30)31)10-16(19)23/h2-7,10H,8-9,11-12H2,1H3,(H,25,28). The van der Waals surface area contributed by atoms with E-state index < -0.39 is 23.4 Å². The van der Waals surface area contributed by atoms with Crippen molar-refractivity contribution in [3.63, 3.8) is 0 Å². The van der Waals surface area contributed by atoms with Gasteiger partial charge in [0.2, 0.25) is 0 Å². The Labute approximate surface area is 188 Å². The van der Waals surface area contributed by atoms with Crippen LogP contribution in [0.2, 0.25) is 5.02 Å². The maximum atomic E-state index is 13.0. The van der Waals surface area contributed by atoms with Crippen LogP contribution in [0.15, 0.2) is 42.5 Å². The van der Waals surface area contributed by atoms with Gasteiger partial charge in [0.1, 0.15) is 0 Å². The lowest BCUT2D eigenvalue weighted by molar-refractivity contribution is -0.384. The number of amides is 1. The van der Waals surface area contributed by atoms with Crippen LogP contribution >= 0.6 is 11.6 Å². The van der Waals surface area contributed by atoms with Crippen LogP contribution in [0.4, 0.5) is 11.4 Å². The molecule has 2 heterocycles. The van der Waals surface area contributed by atoms with Gasteiger partial charge in [0.25, 0.3) is 11.6 Å². The van der Waals surface area contributed by atoms with E-state index >= 15 is 0 Å². The largest absolute Gasteiger partial charge is 0.452 e. The van der Waals surface area contributed by atoms with Crippen molar-refractivity contribution >= 4 is 45.8 Å². The highest BCUT2D eigenvalue weighted by atomic mass is 35.5. The Morgan fingerprint density at radius 1 is 1.28 bits per heavy atom. The first kappa shape index (κ1) is 21.7. The third-order valence-corrected chi connectivity index (χ3v) is 5.53. The molecule has 0 spiro atoms. The van der Waals surface area contributed by atoms with Crippen molar-refractivity contribution in [1.29, 1.82) is 0 Å². The number of hydrogen-bond donors (Lipinski definition) is 1. The number of para-hydroxylation sites is 1. The van der Waals surface area contributed by atoms with Gasteiger partial charge in [0, 0.05) is 48.3 Å². The predicted molar refractivity (Wildman–Crippen MR) is 119 cm³/mol. The van der Waals surface area contributed by atoms with Crippen molar-refractivity contribution in [2.75, 3.05) is 25.5 Å². The maximum Gasteiger partial charge on any atom is 0.339 e. The van der Waals surface area contributed by atoms with Crippen LogP contribution in [0.25, 0.3) is 10.9 Å². The van der Waals surface area contributed by atoms with Gasteiger partial charge < -0.3 is 15.0 Å². The Morgan fingerprint density at radius 2 is 2.06 bits per heavy atom. The molecule has 32 heavy (non-hydrogen) atoms. The van der Waals surface area contributed by atoms with Gasteiger partial charge in [0.05, 0.1) is 26.7 Å². The van der Waals surface area contributed by atoms with Crippen LogP contribution in [-0.4, -0.2) is 46.9 Å². The van der Waals surface area contributed by atoms with E-state index in [1.54, 1.807) is 0 Å². The van der Waals surface area contributed by atoms with E-state index in [0.29, 0.717) is 23.0 Å². The summed E-state index contributed by atoms with van der Waals surface area (Å²) in [6, 6.07) is 11.0. The quantitative estimate of drug-likeness (QED) is 0.356. The summed E-state index contributed by atoms with van der Waals surface area (Å²) in [6.07, 6.45) is 0.718. The van der Waals surface area contributed by atoms with Crippen LogP contribution in [0, 0.1) is 10.1 Å². The first-order chi connectivity index (χ1) is 15.3. The number of nitrogens with zero attached hydrogens (tertiary/aromatic N) is 3. The van der Waals surface area contributed by atoms with Crippen molar-refractivity contribution in [1.82, 2.24) is 9.88 Å². The number of hydrogen-bond acceptors (Lipinski definition) is 7. The average molecular weight is 455 g/mol. The number of pyridine rings is 1. The van der Waals surface area contributed by atoms with Crippen LogP contribution in [0.1, 0.15) is 21.6 Å². The Hall–Kier alpha value is -3.56. The van der Waals surface area contributed by atoms with E-state index in [0.717, 1.165) is 30.3 Å². The third kappa shape index (κ3) is 4.39. The number of carbonyl (C=O) groups is 2. The van der Waals surface area contributed by atoms with Crippen molar-refractivity contribution in [2.24, 2.45) is 0 Å². The maximum absolute atomic E-state index is 13.0. The molecule has 9 nitrogen and oxygen atoms in total. The smallest absolute Gasteiger partial charge is 0.339 e. The molecule has 1 aromatic heterocycles. The van der Waals surface area contributed by atoms with Gasteiger partial charge in [-0.15, -0.1) is 0 Å². The fourth-order valence-corrected chi connectivity index (χ4v) is 3.89. The number of carbonyl (C=O) groups excluding carboxylic acids is 2. The molecule has 0 unspecified atom stereocenters. The van der Waals surface area contributed by atoms with Gasteiger partial charge in [-0.05, 0) is 19.2 Å². The molecule has 2 aromatic carbocycles. The number of esters is 1. The van der Waals surface area contributed by atoms with Crippen molar-refractivity contribution in [3.05, 3.63) is 74.4 Å². The lowest BCUT2D eigenvalue weighted by Gasteiger charge is -2.26. The topological polar surface area (TPSA) is 115 Å². The minimum Gasteiger partial charge on any atom is -0.452 e. The Kier molecular flexibility index (Phi) is 6.02. The van der Waals surface area contributed by atoms with E-state index in [-0.39, 0.29) is 16.4 Å². The number of benzene rings is 2. The number of nitro groups is 1. The highest BCUT2D eigenvalue weighted by molar-refractivity contribution is 6.34. The van der Waals surface area contributed by atoms with E-state index in [2.05, 4.69) is 10.2 Å². The summed E-state index contributed by atoms with van der Waals surface area (Å²) < 4.78 is 5.32. The summed E-state index contributed by atoms with van der Waals surface area (Å²) in [4.78, 5) is 42.4. The Balaban J connectivity index is 1.53. The predicted octanol–water partition coefficient (Wildman–Crippen LogP) is 3.58. The summed E-state index contributed by atoms with van der Waals surface area (Å²) in [7, 11) is 1.97. The van der Waals surface area contributed by atoms with Crippen LogP contribution in [0.3, 0.4) is 0 Å². The first-order valence-electron chi connectivity index (χ1n) is 9.83. The molecule has 10 heteroatoms. The third-order valence-electron chi connectivity index (χ3n) is 5.21. The first-order valence-corrected chi connectivity index (χ1v) is 10.2. The second-order valence-electron chi connectivity index (χ2n) is 7.46. The molecule has 164 valence electrons. The number of anilines is 1. The zero-order chi connectivity index (χ0) is 22.8. The fourth-order valence-electron chi connectivity index (χ4n) is 3.67. The molecule has 3 aromatic rings. The van der Waals surface area contributed by atoms with E-state index in [4.69, 9.17) is 21.3 Å². The number of ether oxygens (including phenoxy) is 1. The molecule has 1 amide bonds. The number of nitro benzene ring substituents is 1. The number of aromatic nitrogens is 1. The molecule has 0 saturated carbocycles. The van der Waals surface area contributed by atoms with Gasteiger partial charge >= 0.3 is 5.97 Å². The SMILES string of the molecule is CN1CCc2nc3ccccc3c(C(=O)OCC(=O)Nc3ccc([N+](=O)[O-])cc3Cl)c2C1. The number of halogens is 1. The van der Waals surface area contributed by atoms with Gasteiger partial charge in [0.15, 0.2) is 6.61 Å². The molecule has 1 aliphatic rings. The number of likely N-dealkylation sites (N-methyl/N-ethyl adjacent to an activating group) is 1. The van der Waals surface area contributed by atoms with Gasteiger partial charge in [-0.25, -0.2) is 4.79 Å². The summed E-state index contributed by atoms with van der Waals surface area (Å²) in [5.74, 6) is -1.22. The molecule has 1 N–H and O–H groups in total. The molecule has 0 fully saturated rings. The molecule has 0 aliphatic carbocycles. The Morgan fingerprint density at radius 3 is 2.81 bits per heavy atom. The Bertz CT molecular complexity index is 1250. The number of non-ortho nitro benzene ring substituents is 1. The summed E-state index contributed by atoms with van der Waals surface area (Å²) >= 11 is 6.00. The minimum absolute atomic E-state index is 0.0103. The second-order valence-corrected chi connectivity index (χ2v) is 7.87. The molecular weight excluding hydrogens is 436 g/mol. The monoisotopic (exact) mass is 454 g/mol. The minimum atomic E-state index is -0.613. The molecule has 0 radical (unpaired) electrons. The van der Waals surface area contributed by atoms with Crippen LogP contribution in [0.5, 0.6) is 0 Å². The molecular formula is C22H19ClN4O5. The van der Waals surface area contributed by atoms with E-state index in [1.165, 1.54) is 12.1 Å². The van der Waals surface area contributed by atoms with Crippen molar-refractivity contribution < 1.29 is 19.2 Å². The molecule has 1 aliphatic heterocycles. The fraction of sp³-hybridized carbons (Fsp3) is 0.227. The zero-order valence-electron chi connectivity index (χ0n) is 17.1. The lowest BCUT2D eigenvalue weighted by Crippen LogP contribution is -2.30. The second kappa shape index (κ2) is 8.89. The van der Waals surface area contributed by atoms with Gasteiger partial charge in [-0.2, -0.15) is 0 Å². The van der Waals surface area contributed by atoms with Crippen molar-refractivity contribution in [3.8, 4) is 0 Å². The lowest BCUT2D eigenvalue weighted by atomic mass is 9.96. The average Bonchev–Trinajstić information content (AvgIpc) is 2.77. The van der Waals surface area contributed by atoms with E-state index in [9.17, 15) is 19.7 Å². The summed E-state index contributed by atoms with van der Waals surface area (Å²) in [6.45, 7) is 0.862. The van der Waals surface area contributed by atoms with Crippen molar-refractivity contribution in [2.45, 2.75) is 13.0 Å². The summed E-state index contributed by atoms with van der Waals surface area (Å²) in [5, 5.41) is 14.0. The van der Waals surface area contributed by atoms with Crippen LogP contribution in [-0.2, 0) is 22.5 Å². The zero-order valence-corrected chi connectivity index (χ0v) is 17.9. The van der Waals surface area contributed by atoms with Gasteiger partial charge in [-0.1, -0.05) is 29.8 Å². The van der Waals surface area contributed by atoms with Crippen LogP contribution < -0.4 is 5.32 Å². The molecule has 0 bridgehead atoms. The molecule has 0 saturated heterocycles. The highest BCUT2D eigenvalue weighted by Crippen LogP contribution is 2.29.